The summed E-state index contributed by atoms with van der Waals surface area (Å²) in [4.78, 5) is 0. The first-order chi connectivity index (χ1) is 13.8. The molecule has 1 aromatic carbocycles. The van der Waals surface area contributed by atoms with E-state index in [0.717, 1.165) is 5.56 Å². The summed E-state index contributed by atoms with van der Waals surface area (Å²) in [7, 11) is 0. The fourth-order valence-electron chi connectivity index (χ4n) is 4.11. The summed E-state index contributed by atoms with van der Waals surface area (Å²) in [6, 6.07) is 8.73. The molecule has 0 spiro atoms. The lowest BCUT2D eigenvalue weighted by molar-refractivity contribution is 0.523. The molecule has 1 rings (SSSR count). The first-order valence-electron chi connectivity index (χ1n) is 12.7. The zero-order chi connectivity index (χ0) is 20.1. The molecule has 28 heavy (non-hydrogen) atoms. The molecule has 0 aliphatic rings. The molecule has 0 N–H and O–H groups in total. The maximum absolute atomic E-state index is 3.95. The summed E-state index contributed by atoms with van der Waals surface area (Å²) in [5, 5.41) is 0. The fourth-order valence-corrected chi connectivity index (χ4v) is 4.11. The number of aryl methyl sites for hydroxylation is 1. The van der Waals surface area contributed by atoms with Crippen molar-refractivity contribution in [3.8, 4) is 0 Å². The SMILES string of the molecule is [CH2]c1ccc(CCCCCCCCCCCCCCCCCCCCC)cc1. The van der Waals surface area contributed by atoms with Gasteiger partial charge >= 0.3 is 0 Å². The van der Waals surface area contributed by atoms with Crippen molar-refractivity contribution in [2.45, 2.75) is 135 Å². The average molecular weight is 386 g/mol. The molecule has 161 valence electrons. The summed E-state index contributed by atoms with van der Waals surface area (Å²) in [6.07, 6.45) is 28.8. The Kier molecular flexibility index (Phi) is 17.6. The first kappa shape index (κ1) is 25.3. The monoisotopic (exact) mass is 385 g/mol. The molecule has 0 aliphatic carbocycles. The quantitative estimate of drug-likeness (QED) is 0.196. The molecule has 0 unspecified atom stereocenters. The highest BCUT2D eigenvalue weighted by molar-refractivity contribution is 5.24. The topological polar surface area (TPSA) is 0 Å². The number of hydrogen-bond acceptors (Lipinski definition) is 0. The van der Waals surface area contributed by atoms with Crippen LogP contribution in [-0.4, -0.2) is 0 Å². The van der Waals surface area contributed by atoms with Crippen molar-refractivity contribution in [1.29, 1.82) is 0 Å². The van der Waals surface area contributed by atoms with Crippen LogP contribution in [0, 0.1) is 6.92 Å². The minimum absolute atomic E-state index is 1.12. The second-order valence-corrected chi connectivity index (χ2v) is 8.93. The van der Waals surface area contributed by atoms with Crippen LogP contribution in [0.1, 0.15) is 140 Å². The highest BCUT2D eigenvalue weighted by Crippen LogP contribution is 2.15. The van der Waals surface area contributed by atoms with Crippen LogP contribution in [0.3, 0.4) is 0 Å². The Morgan fingerprint density at radius 3 is 1.14 bits per heavy atom. The van der Waals surface area contributed by atoms with Crippen LogP contribution >= 0.6 is 0 Å². The van der Waals surface area contributed by atoms with E-state index in [1.165, 1.54) is 134 Å². The molecule has 1 aromatic rings. The molecule has 0 saturated carbocycles. The molecule has 0 bridgehead atoms. The van der Waals surface area contributed by atoms with E-state index in [1.54, 1.807) is 0 Å². The van der Waals surface area contributed by atoms with Crippen LogP contribution in [0.5, 0.6) is 0 Å². The molecule has 0 nitrogen and oxygen atoms in total. The van der Waals surface area contributed by atoms with E-state index >= 15 is 0 Å². The summed E-state index contributed by atoms with van der Waals surface area (Å²) in [5.74, 6) is 0. The predicted molar refractivity (Wildman–Crippen MR) is 128 cm³/mol. The highest BCUT2D eigenvalue weighted by atomic mass is 14.0. The summed E-state index contributed by atoms with van der Waals surface area (Å²) >= 11 is 0. The molecule has 0 saturated heterocycles. The summed E-state index contributed by atoms with van der Waals surface area (Å²) in [5.41, 5.74) is 2.59. The second kappa shape index (κ2) is 19.5. The van der Waals surface area contributed by atoms with E-state index in [0.29, 0.717) is 0 Å². The summed E-state index contributed by atoms with van der Waals surface area (Å²) in [6.45, 7) is 6.25. The van der Waals surface area contributed by atoms with Crippen LogP contribution in [0.25, 0.3) is 0 Å². The molecular formula is C28H49. The number of unbranched alkanes of at least 4 members (excludes halogenated alkanes) is 18. The van der Waals surface area contributed by atoms with E-state index in [-0.39, 0.29) is 0 Å². The Morgan fingerprint density at radius 2 is 0.786 bits per heavy atom. The normalized spacial score (nSPS) is 11.2. The van der Waals surface area contributed by atoms with Crippen molar-refractivity contribution in [1.82, 2.24) is 0 Å². The van der Waals surface area contributed by atoms with Gasteiger partial charge in [0, 0.05) is 0 Å². The van der Waals surface area contributed by atoms with Crippen molar-refractivity contribution in [3.63, 3.8) is 0 Å². The smallest absolute Gasteiger partial charge is 0.0238 e. The molecular weight excluding hydrogens is 336 g/mol. The van der Waals surface area contributed by atoms with Crippen molar-refractivity contribution in [2.24, 2.45) is 0 Å². The fraction of sp³-hybridized carbons (Fsp3) is 0.750. The zero-order valence-corrected chi connectivity index (χ0v) is 19.2. The van der Waals surface area contributed by atoms with Crippen molar-refractivity contribution in [3.05, 3.63) is 42.3 Å². The van der Waals surface area contributed by atoms with Gasteiger partial charge in [-0.15, -0.1) is 0 Å². The van der Waals surface area contributed by atoms with Crippen LogP contribution in [0.4, 0.5) is 0 Å². The molecule has 0 atom stereocenters. The number of benzene rings is 1. The van der Waals surface area contributed by atoms with Gasteiger partial charge in [0.05, 0.1) is 0 Å². The Morgan fingerprint density at radius 1 is 0.464 bits per heavy atom. The van der Waals surface area contributed by atoms with Crippen LogP contribution in [-0.2, 0) is 6.42 Å². The maximum Gasteiger partial charge on any atom is -0.0238 e. The standard InChI is InChI=1S/C28H49/c1-3-4-5-6-7-8-9-10-11-12-13-14-15-16-17-18-19-20-21-22-28-25-23-27(2)24-26-28/h23-26H,2-22H2,1H3. The second-order valence-electron chi connectivity index (χ2n) is 8.93. The largest absolute Gasteiger partial charge is 0.0654 e. The van der Waals surface area contributed by atoms with Gasteiger partial charge in [-0.1, -0.05) is 147 Å². The van der Waals surface area contributed by atoms with Gasteiger partial charge in [-0.2, -0.15) is 0 Å². The van der Waals surface area contributed by atoms with Crippen molar-refractivity contribution in [2.75, 3.05) is 0 Å². The van der Waals surface area contributed by atoms with E-state index in [1.807, 2.05) is 0 Å². The Labute approximate surface area is 177 Å². The lowest BCUT2D eigenvalue weighted by Crippen LogP contribution is -1.87. The predicted octanol–water partition coefficient (Wildman–Crippen LogP) is 9.84. The van der Waals surface area contributed by atoms with Gasteiger partial charge in [0.15, 0.2) is 0 Å². The molecule has 0 heteroatoms. The maximum atomic E-state index is 3.95. The Balaban J connectivity index is 1.70. The third-order valence-electron chi connectivity index (χ3n) is 6.09. The molecule has 0 aliphatic heterocycles. The minimum atomic E-state index is 1.12. The molecule has 1 radical (unpaired) electrons. The van der Waals surface area contributed by atoms with E-state index < -0.39 is 0 Å². The Hall–Kier alpha value is -0.780. The van der Waals surface area contributed by atoms with Crippen LogP contribution < -0.4 is 0 Å². The van der Waals surface area contributed by atoms with Crippen LogP contribution in [0.2, 0.25) is 0 Å². The van der Waals surface area contributed by atoms with E-state index in [9.17, 15) is 0 Å². The third-order valence-corrected chi connectivity index (χ3v) is 6.09. The summed E-state index contributed by atoms with van der Waals surface area (Å²) < 4.78 is 0. The van der Waals surface area contributed by atoms with Gasteiger partial charge in [0.2, 0.25) is 0 Å². The van der Waals surface area contributed by atoms with Gasteiger partial charge in [-0.25, -0.2) is 0 Å². The molecule has 0 fully saturated rings. The first-order valence-corrected chi connectivity index (χ1v) is 12.7. The highest BCUT2D eigenvalue weighted by Gasteiger charge is 1.96. The number of hydrogen-bond donors (Lipinski definition) is 0. The third kappa shape index (κ3) is 16.2. The van der Waals surface area contributed by atoms with Gasteiger partial charge < -0.3 is 0 Å². The lowest BCUT2D eigenvalue weighted by atomic mass is 10.0. The van der Waals surface area contributed by atoms with E-state index in [4.69, 9.17) is 0 Å². The number of rotatable bonds is 20. The van der Waals surface area contributed by atoms with Crippen LogP contribution in [0.15, 0.2) is 24.3 Å². The van der Waals surface area contributed by atoms with Gasteiger partial charge in [0.25, 0.3) is 0 Å². The van der Waals surface area contributed by atoms with Crippen molar-refractivity contribution >= 4 is 0 Å². The Bertz CT molecular complexity index is 416. The zero-order valence-electron chi connectivity index (χ0n) is 19.2. The van der Waals surface area contributed by atoms with E-state index in [2.05, 4.69) is 38.1 Å². The molecule has 0 aromatic heterocycles. The van der Waals surface area contributed by atoms with Gasteiger partial charge in [-0.3, -0.25) is 0 Å². The molecule has 0 heterocycles. The molecule has 0 amide bonds. The average Bonchev–Trinajstić information content (AvgIpc) is 2.71. The lowest BCUT2D eigenvalue weighted by Gasteiger charge is -2.04. The van der Waals surface area contributed by atoms with Crippen molar-refractivity contribution < 1.29 is 0 Å². The van der Waals surface area contributed by atoms with Gasteiger partial charge in [0.1, 0.15) is 0 Å². The minimum Gasteiger partial charge on any atom is -0.0654 e. The van der Waals surface area contributed by atoms with Gasteiger partial charge in [-0.05, 0) is 30.9 Å².